The topological polar surface area (TPSA) is 0 Å². The Morgan fingerprint density at radius 3 is 1.08 bits per heavy atom. The van der Waals surface area contributed by atoms with E-state index in [1.807, 2.05) is 71.0 Å². The summed E-state index contributed by atoms with van der Waals surface area (Å²) in [4.78, 5) is 0. The predicted octanol–water partition coefficient (Wildman–Crippen LogP) is 12.2. The van der Waals surface area contributed by atoms with E-state index in [2.05, 4.69) is 0 Å². The van der Waals surface area contributed by atoms with Gasteiger partial charge in [0.25, 0.3) is 0 Å². The lowest BCUT2D eigenvalue weighted by molar-refractivity contribution is -0.144. The van der Waals surface area contributed by atoms with Crippen LogP contribution in [-0.2, 0) is 24.7 Å². The van der Waals surface area contributed by atoms with Crippen molar-refractivity contribution < 1.29 is 52.7 Å². The molecule has 0 bridgehead atoms. The Morgan fingerprint density at radius 1 is 0.453 bits per heavy atom. The lowest BCUT2D eigenvalue weighted by Crippen LogP contribution is -2.25. The molecule has 4 aromatic rings. The highest BCUT2D eigenvalue weighted by Crippen LogP contribution is 2.55. The Morgan fingerprint density at radius 2 is 0.774 bits per heavy atom. The van der Waals surface area contributed by atoms with Crippen molar-refractivity contribution in [2.75, 3.05) is 0 Å². The fourth-order valence-corrected chi connectivity index (χ4v) is 12.6. The van der Waals surface area contributed by atoms with Crippen LogP contribution in [0.2, 0.25) is 0 Å². The zero-order valence-electron chi connectivity index (χ0n) is 28.8. The molecule has 0 nitrogen and oxygen atoms in total. The van der Waals surface area contributed by atoms with Crippen molar-refractivity contribution in [3.8, 4) is 0 Å². The third-order valence-electron chi connectivity index (χ3n) is 8.68. The Bertz CT molecular complexity index is 1850. The summed E-state index contributed by atoms with van der Waals surface area (Å²) in [5, 5.41) is 0.584. The van der Waals surface area contributed by atoms with Crippen molar-refractivity contribution >= 4 is 37.1 Å². The molecule has 0 heterocycles. The Kier molecular flexibility index (Phi) is 11.1. The normalized spacial score (nSPS) is 14.9. The standard InChI is InChI=1S/C39H32F12P2/c1-21-9-22(2)12-30(11-21)52(31-13-23(3)10-24(4)14-31)25(5)34-7-6-8-35(34)53(32-17-26(36(40,41)42)15-27(18-32)37(43,44)45)33-19-28(38(46,47)48)16-29(20-33)39(49,50)51/h6-7,9-20,25H,8H2,1-5H3/t25-/m0/s1. The van der Waals surface area contributed by atoms with E-state index in [0.29, 0.717) is 29.8 Å². The zero-order chi connectivity index (χ0) is 39.4. The van der Waals surface area contributed by atoms with Gasteiger partial charge in [0.1, 0.15) is 0 Å². The molecule has 1 aliphatic rings. The minimum Gasteiger partial charge on any atom is -0.166 e. The number of alkyl halides is 12. The van der Waals surface area contributed by atoms with E-state index < -0.39 is 79.1 Å². The second-order valence-corrected chi connectivity index (χ2v) is 17.9. The molecule has 0 saturated carbocycles. The van der Waals surface area contributed by atoms with Crippen molar-refractivity contribution in [3.05, 3.63) is 140 Å². The monoisotopic (exact) mass is 790 g/mol. The van der Waals surface area contributed by atoms with Gasteiger partial charge in [-0.25, -0.2) is 0 Å². The first-order valence-corrected chi connectivity index (χ1v) is 18.8. The summed E-state index contributed by atoms with van der Waals surface area (Å²) in [5.41, 5.74) is -3.32. The maximum Gasteiger partial charge on any atom is 0.416 e. The average Bonchev–Trinajstić information content (AvgIpc) is 3.48. The van der Waals surface area contributed by atoms with Crippen LogP contribution in [0.5, 0.6) is 0 Å². The van der Waals surface area contributed by atoms with Gasteiger partial charge in [-0.05, 0) is 118 Å². The Labute approximate surface area is 301 Å². The van der Waals surface area contributed by atoms with Crippen molar-refractivity contribution in [3.63, 3.8) is 0 Å². The molecule has 1 atom stereocenters. The first kappa shape index (κ1) is 40.6. The molecule has 0 radical (unpaired) electrons. The summed E-state index contributed by atoms with van der Waals surface area (Å²) in [7, 11) is -4.23. The van der Waals surface area contributed by atoms with Gasteiger partial charge in [-0.3, -0.25) is 0 Å². The molecule has 4 aromatic carbocycles. The predicted molar refractivity (Wildman–Crippen MR) is 187 cm³/mol. The molecule has 0 fully saturated rings. The molecular formula is C39H32F12P2. The summed E-state index contributed by atoms with van der Waals surface area (Å²) < 4.78 is 170. The number of aryl methyl sites for hydroxylation is 4. The Hall–Kier alpha value is -3.62. The van der Waals surface area contributed by atoms with E-state index in [1.54, 1.807) is 12.2 Å². The van der Waals surface area contributed by atoms with Crippen LogP contribution in [0.4, 0.5) is 52.7 Å². The maximum absolute atomic E-state index is 14.2. The molecule has 53 heavy (non-hydrogen) atoms. The van der Waals surface area contributed by atoms with Crippen molar-refractivity contribution in [1.29, 1.82) is 0 Å². The lowest BCUT2D eigenvalue weighted by Gasteiger charge is -2.31. The van der Waals surface area contributed by atoms with E-state index in [0.717, 1.165) is 32.9 Å². The van der Waals surface area contributed by atoms with Crippen molar-refractivity contribution in [2.24, 2.45) is 0 Å². The minimum atomic E-state index is -5.32. The van der Waals surface area contributed by atoms with Crippen molar-refractivity contribution in [1.82, 2.24) is 0 Å². The molecule has 1 aliphatic carbocycles. The van der Waals surface area contributed by atoms with Crippen LogP contribution in [0.1, 0.15) is 57.9 Å². The number of hydrogen-bond acceptors (Lipinski definition) is 0. The van der Waals surface area contributed by atoms with Gasteiger partial charge >= 0.3 is 24.7 Å². The van der Waals surface area contributed by atoms with Crippen LogP contribution in [0.15, 0.2) is 95.8 Å². The molecule has 0 N–H and O–H groups in total. The minimum absolute atomic E-state index is 0.117. The molecule has 14 heteroatoms. The van der Waals surface area contributed by atoms with Gasteiger partial charge in [0, 0.05) is 5.66 Å². The van der Waals surface area contributed by atoms with E-state index in [9.17, 15) is 52.7 Å². The fourth-order valence-electron chi connectivity index (χ4n) is 6.62. The molecule has 282 valence electrons. The van der Waals surface area contributed by atoms with Gasteiger partial charge in [0.05, 0.1) is 22.3 Å². The number of benzene rings is 4. The second-order valence-electron chi connectivity index (χ2n) is 13.1. The van der Waals surface area contributed by atoms with E-state index >= 15 is 0 Å². The average molecular weight is 791 g/mol. The quantitative estimate of drug-likeness (QED) is 0.129. The molecule has 0 amide bonds. The molecule has 0 saturated heterocycles. The summed E-state index contributed by atoms with van der Waals surface area (Å²) in [5.74, 6) is 0. The van der Waals surface area contributed by atoms with Gasteiger partial charge in [0.15, 0.2) is 0 Å². The molecule has 0 spiro atoms. The van der Waals surface area contributed by atoms with Crippen LogP contribution in [0.25, 0.3) is 0 Å². The Balaban J connectivity index is 1.88. The maximum atomic E-state index is 14.2. The molecule has 0 aromatic heterocycles. The number of hydrogen-bond donors (Lipinski definition) is 0. The fraction of sp³-hybridized carbons (Fsp3) is 0.282. The highest BCUT2D eigenvalue weighted by atomic mass is 31.1. The molecule has 0 unspecified atom stereocenters. The summed E-state index contributed by atoms with van der Waals surface area (Å²) in [6.45, 7) is 9.40. The zero-order valence-corrected chi connectivity index (χ0v) is 30.6. The lowest BCUT2D eigenvalue weighted by atomic mass is 10.1. The highest BCUT2D eigenvalue weighted by Gasteiger charge is 2.41. The second kappa shape index (κ2) is 14.6. The number of rotatable bonds is 7. The van der Waals surface area contributed by atoms with Crippen LogP contribution < -0.4 is 21.2 Å². The summed E-state index contributed by atoms with van der Waals surface area (Å²) in [6, 6.07) is 13.2. The highest BCUT2D eigenvalue weighted by molar-refractivity contribution is 7.77. The van der Waals surface area contributed by atoms with Gasteiger partial charge in [-0.1, -0.05) is 77.7 Å². The SMILES string of the molecule is Cc1cc(C)cc(P(c2cc(C)cc(C)c2)[C@@H](C)C2=C(P(c3cc(C(F)(F)F)cc(C(F)(F)F)c3)c3cc(C(F)(F)F)cc(C(F)(F)F)c3)CC=C2)c1. The van der Waals surface area contributed by atoms with Crippen molar-refractivity contribution in [2.45, 2.75) is 71.4 Å². The smallest absolute Gasteiger partial charge is 0.166 e. The van der Waals surface area contributed by atoms with Crippen LogP contribution in [0, 0.1) is 27.7 Å². The molecular weight excluding hydrogens is 758 g/mol. The van der Waals surface area contributed by atoms with Crippen LogP contribution in [0.3, 0.4) is 0 Å². The third-order valence-corrected chi connectivity index (χ3v) is 13.9. The number of halogens is 12. The van der Waals surface area contributed by atoms with E-state index in [1.165, 1.54) is 0 Å². The first-order valence-electron chi connectivity index (χ1n) is 16.1. The van der Waals surface area contributed by atoms with Crippen LogP contribution in [-0.4, -0.2) is 5.66 Å². The van der Waals surface area contributed by atoms with Crippen LogP contribution >= 0.6 is 15.8 Å². The van der Waals surface area contributed by atoms with E-state index in [-0.39, 0.29) is 23.9 Å². The van der Waals surface area contributed by atoms with Gasteiger partial charge in [-0.2, -0.15) is 52.7 Å². The molecule has 0 aliphatic heterocycles. The molecule has 5 rings (SSSR count). The van der Waals surface area contributed by atoms with Gasteiger partial charge in [-0.15, -0.1) is 0 Å². The summed E-state index contributed by atoms with van der Waals surface area (Å²) >= 11 is 0. The van der Waals surface area contributed by atoms with E-state index in [4.69, 9.17) is 0 Å². The number of allylic oxidation sites excluding steroid dienone is 4. The summed E-state index contributed by atoms with van der Waals surface area (Å²) in [6.07, 6.45) is -18.2. The third kappa shape index (κ3) is 9.20. The van der Waals surface area contributed by atoms with Gasteiger partial charge < -0.3 is 0 Å². The largest absolute Gasteiger partial charge is 0.416 e. The van der Waals surface area contributed by atoms with Gasteiger partial charge in [0.2, 0.25) is 0 Å². The first-order chi connectivity index (χ1) is 24.3.